The first kappa shape index (κ1) is 15.4. The Labute approximate surface area is 113 Å². The van der Waals surface area contributed by atoms with Gasteiger partial charge < -0.3 is 15.7 Å². The molecule has 19 heavy (non-hydrogen) atoms. The van der Waals surface area contributed by atoms with E-state index in [2.05, 4.69) is 10.6 Å². The molecule has 1 atom stereocenters. The van der Waals surface area contributed by atoms with Crippen molar-refractivity contribution >= 4 is 11.7 Å². The highest BCUT2D eigenvalue weighted by molar-refractivity contribution is 5.89. The van der Waals surface area contributed by atoms with Crippen LogP contribution in [0.4, 0.5) is 14.9 Å². The molecule has 3 N–H and O–H groups in total. The Morgan fingerprint density at radius 3 is 2.68 bits per heavy atom. The second-order valence-electron chi connectivity index (χ2n) is 4.95. The molecule has 0 aliphatic carbocycles. The van der Waals surface area contributed by atoms with Crippen LogP contribution in [-0.2, 0) is 0 Å². The maximum Gasteiger partial charge on any atom is 0.319 e. The summed E-state index contributed by atoms with van der Waals surface area (Å²) < 4.78 is 13.6. The average molecular weight is 268 g/mol. The number of amides is 2. The van der Waals surface area contributed by atoms with E-state index in [4.69, 9.17) is 5.11 Å². The number of aryl methyl sites for hydroxylation is 1. The van der Waals surface area contributed by atoms with Gasteiger partial charge in [-0.25, -0.2) is 9.18 Å². The third kappa shape index (κ3) is 4.52. The normalized spacial score (nSPS) is 13.7. The number of aliphatic hydroxyl groups excluding tert-OH is 1. The summed E-state index contributed by atoms with van der Waals surface area (Å²) in [6.07, 6.45) is 1.13. The fourth-order valence-electron chi connectivity index (χ4n) is 1.72. The number of carbonyl (C=O) groups excluding carboxylic acids is 1. The lowest BCUT2D eigenvalue weighted by Crippen LogP contribution is -2.48. The van der Waals surface area contributed by atoms with Crippen LogP contribution in [0.1, 0.15) is 32.3 Å². The van der Waals surface area contributed by atoms with Crippen molar-refractivity contribution in [1.82, 2.24) is 5.32 Å². The lowest BCUT2D eigenvalue weighted by atomic mass is 9.95. The first-order valence-electron chi connectivity index (χ1n) is 6.36. The standard InChI is InChI=1S/C14H21FN2O2/c1-4-14(3,7-8-18)17-13(19)16-12-6-5-10(2)9-11(12)15/h5-6,9,18H,4,7-8H2,1-3H3,(H2,16,17,19). The molecule has 1 unspecified atom stereocenters. The molecule has 0 spiro atoms. The third-order valence-corrected chi connectivity index (χ3v) is 3.23. The summed E-state index contributed by atoms with van der Waals surface area (Å²) in [4.78, 5) is 11.8. The van der Waals surface area contributed by atoms with Crippen LogP contribution in [-0.4, -0.2) is 23.3 Å². The van der Waals surface area contributed by atoms with E-state index in [1.165, 1.54) is 12.1 Å². The van der Waals surface area contributed by atoms with Gasteiger partial charge in [0, 0.05) is 12.1 Å². The zero-order chi connectivity index (χ0) is 14.5. The maximum absolute atomic E-state index is 13.6. The van der Waals surface area contributed by atoms with Crippen molar-refractivity contribution in [1.29, 1.82) is 0 Å². The minimum absolute atomic E-state index is 0.0104. The summed E-state index contributed by atoms with van der Waals surface area (Å²) in [7, 11) is 0. The van der Waals surface area contributed by atoms with Gasteiger partial charge in [0.05, 0.1) is 5.69 Å². The van der Waals surface area contributed by atoms with Crippen molar-refractivity contribution < 1.29 is 14.3 Å². The Balaban J connectivity index is 2.69. The average Bonchev–Trinajstić information content (AvgIpc) is 2.33. The van der Waals surface area contributed by atoms with Gasteiger partial charge in [-0.15, -0.1) is 0 Å². The Bertz CT molecular complexity index is 451. The first-order valence-corrected chi connectivity index (χ1v) is 6.36. The van der Waals surface area contributed by atoms with E-state index < -0.39 is 17.4 Å². The van der Waals surface area contributed by atoms with Gasteiger partial charge >= 0.3 is 6.03 Å². The summed E-state index contributed by atoms with van der Waals surface area (Å²) >= 11 is 0. The summed E-state index contributed by atoms with van der Waals surface area (Å²) in [5, 5.41) is 14.2. The number of carbonyl (C=O) groups is 1. The van der Waals surface area contributed by atoms with Crippen LogP contribution in [0, 0.1) is 12.7 Å². The van der Waals surface area contributed by atoms with E-state index in [9.17, 15) is 9.18 Å². The van der Waals surface area contributed by atoms with E-state index in [1.54, 1.807) is 13.0 Å². The van der Waals surface area contributed by atoms with Crippen molar-refractivity contribution in [3.63, 3.8) is 0 Å². The SMILES string of the molecule is CCC(C)(CCO)NC(=O)Nc1ccc(C)cc1F. The quantitative estimate of drug-likeness (QED) is 0.769. The number of nitrogens with one attached hydrogen (secondary N) is 2. The third-order valence-electron chi connectivity index (χ3n) is 3.23. The molecule has 0 fully saturated rings. The van der Waals surface area contributed by atoms with Crippen molar-refractivity contribution in [2.75, 3.05) is 11.9 Å². The molecular formula is C14H21FN2O2. The molecule has 0 aliphatic rings. The van der Waals surface area contributed by atoms with Crippen molar-refractivity contribution in [2.24, 2.45) is 0 Å². The predicted molar refractivity (Wildman–Crippen MR) is 73.7 cm³/mol. The van der Waals surface area contributed by atoms with E-state index >= 15 is 0 Å². The van der Waals surface area contributed by atoms with Gasteiger partial charge in [0.1, 0.15) is 5.82 Å². The van der Waals surface area contributed by atoms with Crippen LogP contribution >= 0.6 is 0 Å². The fourth-order valence-corrected chi connectivity index (χ4v) is 1.72. The van der Waals surface area contributed by atoms with Crippen LogP contribution < -0.4 is 10.6 Å². The zero-order valence-corrected chi connectivity index (χ0v) is 11.6. The van der Waals surface area contributed by atoms with E-state index in [-0.39, 0.29) is 12.3 Å². The molecule has 1 aromatic carbocycles. The molecule has 1 rings (SSSR count). The van der Waals surface area contributed by atoms with Crippen molar-refractivity contribution in [3.05, 3.63) is 29.6 Å². The van der Waals surface area contributed by atoms with Gasteiger partial charge in [0.2, 0.25) is 0 Å². The smallest absolute Gasteiger partial charge is 0.319 e. The number of rotatable bonds is 5. The monoisotopic (exact) mass is 268 g/mol. The van der Waals surface area contributed by atoms with Crippen molar-refractivity contribution in [2.45, 2.75) is 39.2 Å². The number of hydrogen-bond donors (Lipinski definition) is 3. The molecule has 1 aromatic rings. The second kappa shape index (κ2) is 6.52. The van der Waals surface area contributed by atoms with Crippen LogP contribution in [0.3, 0.4) is 0 Å². The Hall–Kier alpha value is -1.62. The second-order valence-corrected chi connectivity index (χ2v) is 4.95. The van der Waals surface area contributed by atoms with Gasteiger partial charge in [-0.1, -0.05) is 13.0 Å². The van der Waals surface area contributed by atoms with E-state index in [0.717, 1.165) is 5.56 Å². The Morgan fingerprint density at radius 1 is 1.47 bits per heavy atom. The summed E-state index contributed by atoms with van der Waals surface area (Å²) in [6.45, 7) is 5.53. The number of anilines is 1. The first-order chi connectivity index (χ1) is 8.90. The highest BCUT2D eigenvalue weighted by Crippen LogP contribution is 2.17. The zero-order valence-electron chi connectivity index (χ0n) is 11.6. The minimum atomic E-state index is -0.500. The van der Waals surface area contributed by atoms with Crippen LogP contribution in [0.2, 0.25) is 0 Å². The molecule has 0 saturated carbocycles. The van der Waals surface area contributed by atoms with Gasteiger partial charge in [0.25, 0.3) is 0 Å². The van der Waals surface area contributed by atoms with Crippen LogP contribution in [0.15, 0.2) is 18.2 Å². The topological polar surface area (TPSA) is 61.4 Å². The van der Waals surface area contributed by atoms with E-state index in [1.807, 2.05) is 13.8 Å². The molecule has 106 valence electrons. The summed E-state index contributed by atoms with van der Waals surface area (Å²) in [5.74, 6) is -0.462. The van der Waals surface area contributed by atoms with Gasteiger partial charge in [-0.05, 0) is 44.4 Å². The summed E-state index contributed by atoms with van der Waals surface area (Å²) in [6, 6.07) is 4.15. The minimum Gasteiger partial charge on any atom is -0.396 e. The molecule has 0 bridgehead atoms. The molecule has 0 radical (unpaired) electrons. The van der Waals surface area contributed by atoms with E-state index in [0.29, 0.717) is 12.8 Å². The fraction of sp³-hybridized carbons (Fsp3) is 0.500. The summed E-state index contributed by atoms with van der Waals surface area (Å²) in [5.41, 5.74) is 0.438. The largest absolute Gasteiger partial charge is 0.396 e. The molecule has 4 nitrogen and oxygen atoms in total. The van der Waals surface area contributed by atoms with Gasteiger partial charge in [0.15, 0.2) is 0 Å². The number of urea groups is 1. The number of benzene rings is 1. The molecule has 2 amide bonds. The Morgan fingerprint density at radius 2 is 2.16 bits per heavy atom. The maximum atomic E-state index is 13.6. The van der Waals surface area contributed by atoms with Crippen LogP contribution in [0.5, 0.6) is 0 Å². The molecule has 5 heteroatoms. The molecule has 0 saturated heterocycles. The van der Waals surface area contributed by atoms with Crippen LogP contribution in [0.25, 0.3) is 0 Å². The van der Waals surface area contributed by atoms with Gasteiger partial charge in [-0.2, -0.15) is 0 Å². The number of halogens is 1. The lowest BCUT2D eigenvalue weighted by molar-refractivity contribution is 0.208. The predicted octanol–water partition coefficient (Wildman–Crippen LogP) is 2.81. The van der Waals surface area contributed by atoms with Gasteiger partial charge in [-0.3, -0.25) is 0 Å². The van der Waals surface area contributed by atoms with Crippen molar-refractivity contribution in [3.8, 4) is 0 Å². The molecule has 0 aliphatic heterocycles. The lowest BCUT2D eigenvalue weighted by Gasteiger charge is -2.29. The highest BCUT2D eigenvalue weighted by Gasteiger charge is 2.23. The Kier molecular flexibility index (Phi) is 5.30. The molecule has 0 aromatic heterocycles. The number of hydrogen-bond acceptors (Lipinski definition) is 2. The number of aliphatic hydroxyl groups is 1. The molecule has 0 heterocycles. The highest BCUT2D eigenvalue weighted by atomic mass is 19.1. The molecular weight excluding hydrogens is 247 g/mol.